The Morgan fingerprint density at radius 2 is 1.83 bits per heavy atom. The first-order valence-corrected chi connectivity index (χ1v) is 11.5. The maximum absolute atomic E-state index is 13.2. The van der Waals surface area contributed by atoms with Crippen LogP contribution in [0.2, 0.25) is 5.02 Å². The van der Waals surface area contributed by atoms with Gasteiger partial charge in [0.2, 0.25) is 0 Å². The van der Waals surface area contributed by atoms with E-state index in [9.17, 15) is 13.2 Å². The fourth-order valence-electron chi connectivity index (χ4n) is 3.66. The minimum absolute atomic E-state index is 0.0609. The molecule has 5 nitrogen and oxygen atoms in total. The van der Waals surface area contributed by atoms with Gasteiger partial charge in [0.15, 0.2) is 0 Å². The molecule has 30 heavy (non-hydrogen) atoms. The highest BCUT2D eigenvalue weighted by atomic mass is 35.5. The maximum atomic E-state index is 13.2. The molecule has 1 aliphatic rings. The fraction of sp³-hybridized carbons (Fsp3) is 0.174. The van der Waals surface area contributed by atoms with Crippen LogP contribution in [0.15, 0.2) is 71.6 Å². The first-order chi connectivity index (χ1) is 14.3. The summed E-state index contributed by atoms with van der Waals surface area (Å²) in [4.78, 5) is 14.8. The molecule has 154 valence electrons. The Hall–Kier alpha value is -2.83. The molecule has 1 heterocycles. The first-order valence-electron chi connectivity index (χ1n) is 9.64. The van der Waals surface area contributed by atoms with Crippen LogP contribution in [0, 0.1) is 6.92 Å². The Balaban J connectivity index is 1.68. The van der Waals surface area contributed by atoms with E-state index in [-0.39, 0.29) is 21.4 Å². The van der Waals surface area contributed by atoms with Crippen LogP contribution in [0.3, 0.4) is 0 Å². The predicted octanol–water partition coefficient (Wildman–Crippen LogP) is 5.04. The second kappa shape index (κ2) is 8.13. The van der Waals surface area contributed by atoms with Gasteiger partial charge in [-0.2, -0.15) is 0 Å². The van der Waals surface area contributed by atoms with Crippen LogP contribution in [0.25, 0.3) is 0 Å². The minimum atomic E-state index is -3.96. The number of carbonyl (C=O) groups is 1. The number of hydrogen-bond donors (Lipinski definition) is 1. The molecule has 3 aromatic rings. The van der Waals surface area contributed by atoms with E-state index in [0.717, 1.165) is 29.7 Å². The molecule has 0 saturated carbocycles. The molecule has 7 heteroatoms. The number of anilines is 2. The highest BCUT2D eigenvalue weighted by Crippen LogP contribution is 2.30. The van der Waals surface area contributed by atoms with Crippen molar-refractivity contribution in [2.24, 2.45) is 0 Å². The summed E-state index contributed by atoms with van der Waals surface area (Å²) in [5, 5.41) is 0.0609. The number of nitrogens with zero attached hydrogens (tertiary/aromatic N) is 1. The molecule has 0 radical (unpaired) electrons. The summed E-state index contributed by atoms with van der Waals surface area (Å²) in [5.41, 5.74) is 3.62. The molecule has 0 saturated heterocycles. The molecule has 0 aliphatic carbocycles. The van der Waals surface area contributed by atoms with Crippen molar-refractivity contribution in [1.29, 1.82) is 0 Å². The van der Waals surface area contributed by atoms with Crippen molar-refractivity contribution in [3.8, 4) is 0 Å². The SMILES string of the molecule is Cc1cccc(NS(=O)(=O)c2cc(C(=O)N3CCCc4ccccc43)ccc2Cl)c1. The summed E-state index contributed by atoms with van der Waals surface area (Å²) >= 11 is 6.21. The summed E-state index contributed by atoms with van der Waals surface area (Å²) in [7, 11) is -3.96. The number of fused-ring (bicyclic) bond motifs is 1. The van der Waals surface area contributed by atoms with Crippen LogP contribution in [0.5, 0.6) is 0 Å². The minimum Gasteiger partial charge on any atom is -0.308 e. The van der Waals surface area contributed by atoms with Crippen LogP contribution in [-0.2, 0) is 16.4 Å². The van der Waals surface area contributed by atoms with E-state index in [2.05, 4.69) is 4.72 Å². The first kappa shape index (κ1) is 20.4. The molecule has 0 atom stereocenters. The van der Waals surface area contributed by atoms with Gasteiger partial charge >= 0.3 is 0 Å². The standard InChI is InChI=1S/C23H21ClN2O3S/c1-16-6-4-9-19(14-16)25-30(28,29)22-15-18(11-12-20(22)24)23(27)26-13-5-8-17-7-2-3-10-21(17)26/h2-4,6-7,9-12,14-15,25H,5,8,13H2,1H3. The van der Waals surface area contributed by atoms with Gasteiger partial charge in [-0.25, -0.2) is 8.42 Å². The third-order valence-electron chi connectivity index (χ3n) is 5.09. The van der Waals surface area contributed by atoms with Gasteiger partial charge in [-0.05, 0) is 67.3 Å². The van der Waals surface area contributed by atoms with Crippen molar-refractivity contribution in [1.82, 2.24) is 0 Å². The van der Waals surface area contributed by atoms with Crippen molar-refractivity contribution in [3.05, 3.63) is 88.4 Å². The van der Waals surface area contributed by atoms with E-state index in [1.165, 1.54) is 12.1 Å². The van der Waals surface area contributed by atoms with Gasteiger partial charge in [-0.1, -0.05) is 41.9 Å². The lowest BCUT2D eigenvalue weighted by Gasteiger charge is -2.29. The molecule has 0 bridgehead atoms. The van der Waals surface area contributed by atoms with Gasteiger partial charge in [-0.15, -0.1) is 0 Å². The van der Waals surface area contributed by atoms with E-state index in [1.807, 2.05) is 37.3 Å². The molecule has 0 unspecified atom stereocenters. The molecular formula is C23H21ClN2O3S. The van der Waals surface area contributed by atoms with Crippen molar-refractivity contribution in [2.45, 2.75) is 24.7 Å². The monoisotopic (exact) mass is 440 g/mol. The molecule has 1 aliphatic heterocycles. The smallest absolute Gasteiger partial charge is 0.263 e. The van der Waals surface area contributed by atoms with E-state index >= 15 is 0 Å². The number of hydrogen-bond acceptors (Lipinski definition) is 3. The largest absolute Gasteiger partial charge is 0.308 e. The summed E-state index contributed by atoms with van der Waals surface area (Å²) in [6.45, 7) is 2.46. The summed E-state index contributed by atoms with van der Waals surface area (Å²) in [6, 6.07) is 19.2. The zero-order valence-corrected chi connectivity index (χ0v) is 18.0. The van der Waals surface area contributed by atoms with Crippen LogP contribution in [0.4, 0.5) is 11.4 Å². The second-order valence-corrected chi connectivity index (χ2v) is 9.37. The number of sulfonamides is 1. The quantitative estimate of drug-likeness (QED) is 0.617. The highest BCUT2D eigenvalue weighted by molar-refractivity contribution is 7.92. The van der Waals surface area contributed by atoms with Crippen molar-refractivity contribution < 1.29 is 13.2 Å². The molecule has 3 aromatic carbocycles. The maximum Gasteiger partial charge on any atom is 0.263 e. The van der Waals surface area contributed by atoms with E-state index in [4.69, 9.17) is 11.6 Å². The lowest BCUT2D eigenvalue weighted by atomic mass is 10.0. The average molecular weight is 441 g/mol. The van der Waals surface area contributed by atoms with Crippen LogP contribution in [-0.4, -0.2) is 20.9 Å². The van der Waals surface area contributed by atoms with Crippen LogP contribution >= 0.6 is 11.6 Å². The number of amides is 1. The lowest BCUT2D eigenvalue weighted by Crippen LogP contribution is -2.35. The number of rotatable bonds is 4. The lowest BCUT2D eigenvalue weighted by molar-refractivity contribution is 0.0985. The Bertz CT molecular complexity index is 1220. The summed E-state index contributed by atoms with van der Waals surface area (Å²) in [5.74, 6) is -0.245. The van der Waals surface area contributed by atoms with E-state index in [1.54, 1.807) is 29.2 Å². The number of halogens is 1. The van der Waals surface area contributed by atoms with Crippen LogP contribution < -0.4 is 9.62 Å². The average Bonchev–Trinajstić information content (AvgIpc) is 2.73. The van der Waals surface area contributed by atoms with Gasteiger partial charge in [-0.3, -0.25) is 9.52 Å². The Morgan fingerprint density at radius 3 is 2.63 bits per heavy atom. The predicted molar refractivity (Wildman–Crippen MR) is 120 cm³/mol. The van der Waals surface area contributed by atoms with Gasteiger partial charge in [0.25, 0.3) is 15.9 Å². The number of carbonyl (C=O) groups excluding carboxylic acids is 1. The number of aryl methyl sites for hydroxylation is 2. The Morgan fingerprint density at radius 1 is 1.03 bits per heavy atom. The van der Waals surface area contributed by atoms with Gasteiger partial charge in [0.1, 0.15) is 4.90 Å². The molecule has 4 rings (SSSR count). The highest BCUT2D eigenvalue weighted by Gasteiger charge is 2.26. The second-order valence-electron chi connectivity index (χ2n) is 7.31. The van der Waals surface area contributed by atoms with Gasteiger partial charge in [0, 0.05) is 23.5 Å². The Labute approximate surface area is 181 Å². The number of nitrogens with one attached hydrogen (secondary N) is 1. The van der Waals surface area contributed by atoms with E-state index in [0.29, 0.717) is 12.2 Å². The zero-order valence-electron chi connectivity index (χ0n) is 16.4. The van der Waals surface area contributed by atoms with E-state index < -0.39 is 10.0 Å². The summed E-state index contributed by atoms with van der Waals surface area (Å²) < 4.78 is 28.5. The molecular weight excluding hydrogens is 420 g/mol. The molecule has 1 amide bonds. The normalized spacial score (nSPS) is 13.6. The fourth-order valence-corrected chi connectivity index (χ4v) is 5.24. The molecule has 0 fully saturated rings. The zero-order chi connectivity index (χ0) is 21.3. The van der Waals surface area contributed by atoms with Gasteiger partial charge in [0.05, 0.1) is 5.02 Å². The molecule has 1 N–H and O–H groups in total. The van der Waals surface area contributed by atoms with Crippen molar-refractivity contribution in [2.75, 3.05) is 16.2 Å². The number of benzene rings is 3. The van der Waals surface area contributed by atoms with Crippen molar-refractivity contribution >= 4 is 38.9 Å². The third-order valence-corrected chi connectivity index (χ3v) is 6.96. The topological polar surface area (TPSA) is 66.5 Å². The number of para-hydroxylation sites is 1. The molecule has 0 aromatic heterocycles. The van der Waals surface area contributed by atoms with Crippen molar-refractivity contribution in [3.63, 3.8) is 0 Å². The van der Waals surface area contributed by atoms with Crippen LogP contribution in [0.1, 0.15) is 27.9 Å². The third kappa shape index (κ3) is 4.06. The van der Waals surface area contributed by atoms with Gasteiger partial charge < -0.3 is 4.90 Å². The molecule has 0 spiro atoms. The Kier molecular flexibility index (Phi) is 5.54. The summed E-state index contributed by atoms with van der Waals surface area (Å²) in [6.07, 6.45) is 1.77.